The van der Waals surface area contributed by atoms with E-state index in [1.54, 1.807) is 19.2 Å². The van der Waals surface area contributed by atoms with Gasteiger partial charge in [0.2, 0.25) is 5.95 Å². The number of fused-ring (bicyclic) bond motifs is 1. The van der Waals surface area contributed by atoms with Crippen LogP contribution in [-0.4, -0.2) is 74.9 Å². The maximum absolute atomic E-state index is 15.3. The molecule has 3 aliphatic heterocycles. The number of carbonyl (C=O) groups excluding carboxylic acids is 1. The molecule has 2 fully saturated rings. The molecule has 6 rings (SSSR count). The molecule has 4 heterocycles. The Hall–Kier alpha value is -3.60. The zero-order valence-electron chi connectivity index (χ0n) is 21.8. The number of hydrogen-bond donors (Lipinski definition) is 2. The third-order valence-corrected chi connectivity index (χ3v) is 7.81. The lowest BCUT2D eigenvalue weighted by molar-refractivity contribution is -0.0333. The number of rotatable bonds is 6. The lowest BCUT2D eigenvalue weighted by Crippen LogP contribution is -2.51. The van der Waals surface area contributed by atoms with Crippen molar-refractivity contribution < 1.29 is 23.0 Å². The molecule has 0 aliphatic carbocycles. The molecule has 2 saturated heterocycles. The third kappa shape index (κ3) is 4.95. The number of hydrogen-bond acceptors (Lipinski definition) is 7. The molecule has 8 nitrogen and oxygen atoms in total. The number of benzene rings is 2. The Labute approximate surface area is 225 Å². The second-order valence-corrected chi connectivity index (χ2v) is 10.2. The highest BCUT2D eigenvalue weighted by Gasteiger charge is 2.28. The number of nitrogens with two attached hydrogens (primary N) is 1. The van der Waals surface area contributed by atoms with Gasteiger partial charge in [0.1, 0.15) is 11.6 Å². The Kier molecular flexibility index (Phi) is 6.92. The first-order chi connectivity index (χ1) is 18.9. The van der Waals surface area contributed by atoms with Gasteiger partial charge in [-0.3, -0.25) is 9.69 Å². The zero-order chi connectivity index (χ0) is 27.1. The van der Waals surface area contributed by atoms with E-state index in [2.05, 4.69) is 20.1 Å². The maximum atomic E-state index is 15.3. The van der Waals surface area contributed by atoms with Gasteiger partial charge >= 0.3 is 0 Å². The van der Waals surface area contributed by atoms with E-state index >= 15 is 8.78 Å². The van der Waals surface area contributed by atoms with E-state index in [0.717, 1.165) is 43.0 Å². The smallest absolute Gasteiger partial charge is 0.251 e. The highest BCUT2D eigenvalue weighted by atomic mass is 19.1. The molecule has 1 amide bonds. The van der Waals surface area contributed by atoms with Gasteiger partial charge in [-0.05, 0) is 53.4 Å². The number of nitrogen functional groups attached to an aromatic ring is 1. The third-order valence-electron chi connectivity index (χ3n) is 7.81. The molecule has 0 atom stereocenters. The second kappa shape index (κ2) is 10.5. The lowest BCUT2D eigenvalue weighted by atomic mass is 9.93. The van der Waals surface area contributed by atoms with Crippen LogP contribution in [0.2, 0.25) is 0 Å². The molecule has 3 N–H and O–H groups in total. The van der Waals surface area contributed by atoms with E-state index < -0.39 is 11.8 Å². The van der Waals surface area contributed by atoms with Gasteiger partial charge in [0.25, 0.3) is 5.91 Å². The molecule has 3 aromatic rings. The van der Waals surface area contributed by atoms with Crippen molar-refractivity contribution in [3.8, 4) is 22.3 Å². The highest BCUT2D eigenvalue weighted by molar-refractivity contribution is 5.97. The fraction of sp³-hybridized carbons (Fsp3) is 0.379. The largest absolute Gasteiger partial charge is 0.383 e. The van der Waals surface area contributed by atoms with E-state index in [1.165, 1.54) is 6.07 Å². The van der Waals surface area contributed by atoms with E-state index in [0.29, 0.717) is 49.4 Å². The van der Waals surface area contributed by atoms with Crippen LogP contribution in [0.25, 0.3) is 22.3 Å². The van der Waals surface area contributed by atoms with Crippen molar-refractivity contribution in [1.82, 2.24) is 15.2 Å². The summed E-state index contributed by atoms with van der Waals surface area (Å²) in [6, 6.07) is 10.3. The summed E-state index contributed by atoms with van der Waals surface area (Å²) in [5.41, 5.74) is 10.7. The predicted molar refractivity (Wildman–Crippen MR) is 145 cm³/mol. The fourth-order valence-electron chi connectivity index (χ4n) is 5.60. The Morgan fingerprint density at radius 2 is 1.87 bits per heavy atom. The van der Waals surface area contributed by atoms with Gasteiger partial charge in [-0.2, -0.15) is 4.39 Å². The van der Waals surface area contributed by atoms with Gasteiger partial charge in [-0.25, -0.2) is 9.37 Å². The standard InChI is InChI=1S/C29H31F2N5O3/c1-38-20-15-35(16-20)14-19-10-17(2-3-26(19)36-6-8-39-9-7-36)21-12-24(28(32)34-27(21)31)23-11-18-4-5-33-29(37)22(18)13-25(23)30/h2-3,10-13,20H,4-9,14-16H2,1H3,(H2,32,34)(H,33,37). The van der Waals surface area contributed by atoms with Crippen molar-refractivity contribution >= 4 is 17.4 Å². The number of likely N-dealkylation sites (tertiary alicyclic amines) is 1. The van der Waals surface area contributed by atoms with Crippen LogP contribution in [0.5, 0.6) is 0 Å². The molecule has 10 heteroatoms. The molecule has 0 unspecified atom stereocenters. The van der Waals surface area contributed by atoms with Crippen molar-refractivity contribution in [3.05, 3.63) is 64.9 Å². The summed E-state index contributed by atoms with van der Waals surface area (Å²) in [5, 5.41) is 2.72. The first-order valence-electron chi connectivity index (χ1n) is 13.2. The summed E-state index contributed by atoms with van der Waals surface area (Å²) in [5.74, 6) is -1.74. The summed E-state index contributed by atoms with van der Waals surface area (Å²) in [7, 11) is 1.72. The minimum Gasteiger partial charge on any atom is -0.383 e. The van der Waals surface area contributed by atoms with Crippen LogP contribution in [-0.2, 0) is 22.4 Å². The van der Waals surface area contributed by atoms with E-state index in [9.17, 15) is 4.79 Å². The van der Waals surface area contributed by atoms with Crippen molar-refractivity contribution in [2.75, 3.05) is 63.7 Å². The predicted octanol–water partition coefficient (Wildman–Crippen LogP) is 3.23. The van der Waals surface area contributed by atoms with Crippen LogP contribution in [0.4, 0.5) is 20.3 Å². The minimum absolute atomic E-state index is 0.105. The van der Waals surface area contributed by atoms with E-state index in [-0.39, 0.29) is 29.0 Å². The molecule has 2 aromatic carbocycles. The summed E-state index contributed by atoms with van der Waals surface area (Å²) in [6.45, 7) is 5.71. The van der Waals surface area contributed by atoms with Crippen molar-refractivity contribution in [2.24, 2.45) is 0 Å². The highest BCUT2D eigenvalue weighted by Crippen LogP contribution is 2.37. The summed E-state index contributed by atoms with van der Waals surface area (Å²) in [6.07, 6.45) is 0.793. The van der Waals surface area contributed by atoms with E-state index in [1.807, 2.05) is 18.2 Å². The summed E-state index contributed by atoms with van der Waals surface area (Å²) in [4.78, 5) is 20.7. The molecule has 1 aromatic heterocycles. The number of nitrogens with one attached hydrogen (secondary N) is 1. The van der Waals surface area contributed by atoms with Gasteiger partial charge < -0.3 is 25.4 Å². The van der Waals surface area contributed by atoms with Crippen LogP contribution < -0.4 is 16.0 Å². The van der Waals surface area contributed by atoms with Crippen LogP contribution in [0, 0.1) is 11.8 Å². The number of carbonyl (C=O) groups is 1. The number of aromatic nitrogens is 1. The molecule has 0 bridgehead atoms. The molecule has 204 valence electrons. The Morgan fingerprint density at radius 3 is 2.64 bits per heavy atom. The van der Waals surface area contributed by atoms with Crippen molar-refractivity contribution in [2.45, 2.75) is 19.1 Å². The van der Waals surface area contributed by atoms with Crippen LogP contribution in [0.3, 0.4) is 0 Å². The normalized spacial score (nSPS) is 18.0. The first kappa shape index (κ1) is 25.7. The zero-order valence-corrected chi connectivity index (χ0v) is 21.8. The number of nitrogens with zero attached hydrogens (tertiary/aromatic N) is 3. The topological polar surface area (TPSA) is 93.0 Å². The second-order valence-electron chi connectivity index (χ2n) is 10.2. The summed E-state index contributed by atoms with van der Waals surface area (Å²) < 4.78 is 41.5. The quantitative estimate of drug-likeness (QED) is 0.469. The SMILES string of the molecule is COC1CN(Cc2cc(-c3cc(-c4cc5c(cc4F)C(=O)NCC5)c(N)nc3F)ccc2N2CCOCC2)C1. The Morgan fingerprint density at radius 1 is 1.08 bits per heavy atom. The average molecular weight is 536 g/mol. The number of pyridine rings is 1. The van der Waals surface area contributed by atoms with Gasteiger partial charge in [0.05, 0.1) is 19.3 Å². The minimum atomic E-state index is -0.720. The van der Waals surface area contributed by atoms with Crippen LogP contribution in [0.1, 0.15) is 21.5 Å². The molecule has 0 spiro atoms. The molecule has 0 radical (unpaired) electrons. The van der Waals surface area contributed by atoms with Gasteiger partial charge in [0.15, 0.2) is 0 Å². The number of halogens is 2. The number of methoxy groups -OCH3 is 1. The van der Waals surface area contributed by atoms with Gasteiger partial charge in [-0.15, -0.1) is 0 Å². The number of morpholine rings is 1. The van der Waals surface area contributed by atoms with Crippen molar-refractivity contribution in [3.63, 3.8) is 0 Å². The molecular formula is C29H31F2N5O3. The average Bonchev–Trinajstić information content (AvgIpc) is 2.91. The van der Waals surface area contributed by atoms with Crippen molar-refractivity contribution in [1.29, 1.82) is 0 Å². The van der Waals surface area contributed by atoms with Gasteiger partial charge in [-0.1, -0.05) is 6.07 Å². The monoisotopic (exact) mass is 535 g/mol. The number of amides is 1. The fourth-order valence-corrected chi connectivity index (χ4v) is 5.60. The molecule has 0 saturated carbocycles. The molecule has 3 aliphatic rings. The van der Waals surface area contributed by atoms with E-state index in [4.69, 9.17) is 15.2 Å². The lowest BCUT2D eigenvalue weighted by Gasteiger charge is -2.39. The number of anilines is 2. The Bertz CT molecular complexity index is 1420. The number of ether oxygens (including phenoxy) is 2. The van der Waals surface area contributed by atoms with Crippen LogP contribution >= 0.6 is 0 Å². The maximum Gasteiger partial charge on any atom is 0.251 e. The van der Waals surface area contributed by atoms with Gasteiger partial charge in [0, 0.05) is 74.3 Å². The molecule has 39 heavy (non-hydrogen) atoms. The first-order valence-corrected chi connectivity index (χ1v) is 13.2. The van der Waals surface area contributed by atoms with Crippen LogP contribution in [0.15, 0.2) is 36.4 Å². The Balaban J connectivity index is 1.39. The summed E-state index contributed by atoms with van der Waals surface area (Å²) >= 11 is 0. The molecular weight excluding hydrogens is 504 g/mol.